The predicted octanol–water partition coefficient (Wildman–Crippen LogP) is 2.55. The summed E-state index contributed by atoms with van der Waals surface area (Å²) in [6, 6.07) is 2.06. The number of carbonyl (C=O) groups is 1. The minimum absolute atomic E-state index is 0.297. The summed E-state index contributed by atoms with van der Waals surface area (Å²) in [4.78, 5) is 13.5. The number of ether oxygens (including phenoxy) is 1. The van der Waals surface area contributed by atoms with Crippen molar-refractivity contribution in [2.24, 2.45) is 5.92 Å². The number of hydrogen-bond donors (Lipinski definition) is 0. The number of hydrogen-bond acceptors (Lipinski definition) is 3. The van der Waals surface area contributed by atoms with E-state index in [0.717, 1.165) is 6.54 Å². The van der Waals surface area contributed by atoms with Gasteiger partial charge in [-0.3, -0.25) is 0 Å². The van der Waals surface area contributed by atoms with Crippen LogP contribution in [0.25, 0.3) is 0 Å². The van der Waals surface area contributed by atoms with Crippen LogP contribution in [0.1, 0.15) is 40.0 Å². The first-order valence-electron chi connectivity index (χ1n) is 5.77. The molecule has 1 aliphatic rings. The summed E-state index contributed by atoms with van der Waals surface area (Å²) in [5.74, 6) is 0.617. The van der Waals surface area contributed by atoms with Crippen molar-refractivity contribution in [3.05, 3.63) is 0 Å². The fourth-order valence-corrected chi connectivity index (χ4v) is 1.38. The van der Waals surface area contributed by atoms with Gasteiger partial charge in [-0.25, -0.2) is 4.79 Å². The zero-order valence-corrected chi connectivity index (χ0v) is 10.3. The molecule has 0 atom stereocenters. The highest BCUT2D eigenvalue weighted by molar-refractivity contribution is 5.68. The van der Waals surface area contributed by atoms with Gasteiger partial charge in [-0.15, -0.1) is 0 Å². The molecule has 0 radical (unpaired) electrons. The maximum Gasteiger partial charge on any atom is 0.410 e. The average Bonchev–Trinajstić information content (AvgIpc) is 2.92. The van der Waals surface area contributed by atoms with E-state index >= 15 is 0 Å². The van der Waals surface area contributed by atoms with E-state index in [9.17, 15) is 4.79 Å². The average molecular weight is 224 g/mol. The normalized spacial score (nSPS) is 15.4. The van der Waals surface area contributed by atoms with Gasteiger partial charge in [-0.1, -0.05) is 0 Å². The first-order valence-corrected chi connectivity index (χ1v) is 5.77. The molecule has 0 N–H and O–H groups in total. The van der Waals surface area contributed by atoms with Gasteiger partial charge in [0.25, 0.3) is 0 Å². The van der Waals surface area contributed by atoms with Gasteiger partial charge in [0, 0.05) is 13.1 Å². The molecule has 0 spiro atoms. The van der Waals surface area contributed by atoms with Crippen molar-refractivity contribution in [1.82, 2.24) is 4.90 Å². The number of amides is 1. The Bertz CT molecular complexity index is 284. The summed E-state index contributed by atoms with van der Waals surface area (Å²) < 4.78 is 5.30. The molecule has 0 aromatic heterocycles. The number of carbonyl (C=O) groups excluding carboxylic acids is 1. The number of nitrogens with zero attached hydrogens (tertiary/aromatic N) is 2. The van der Waals surface area contributed by atoms with E-state index < -0.39 is 5.60 Å². The van der Waals surface area contributed by atoms with Crippen molar-refractivity contribution < 1.29 is 9.53 Å². The summed E-state index contributed by atoms with van der Waals surface area (Å²) in [7, 11) is 0. The molecule has 0 aliphatic heterocycles. The van der Waals surface area contributed by atoms with E-state index in [1.807, 2.05) is 20.8 Å². The highest BCUT2D eigenvalue weighted by Crippen LogP contribution is 2.30. The molecular weight excluding hydrogens is 204 g/mol. The smallest absolute Gasteiger partial charge is 0.410 e. The van der Waals surface area contributed by atoms with Crippen LogP contribution in [0.2, 0.25) is 0 Å². The van der Waals surface area contributed by atoms with Crippen molar-refractivity contribution >= 4 is 6.09 Å². The Morgan fingerprint density at radius 1 is 1.50 bits per heavy atom. The maximum absolute atomic E-state index is 11.8. The Labute approximate surface area is 97.2 Å². The second-order valence-corrected chi connectivity index (χ2v) is 5.28. The topological polar surface area (TPSA) is 53.3 Å². The molecule has 1 aliphatic carbocycles. The van der Waals surface area contributed by atoms with Gasteiger partial charge in [0.15, 0.2) is 0 Å². The molecule has 4 nitrogen and oxygen atoms in total. The molecule has 0 bridgehead atoms. The Balaban J connectivity index is 2.46. The van der Waals surface area contributed by atoms with Gasteiger partial charge in [0.05, 0.1) is 12.5 Å². The van der Waals surface area contributed by atoms with Crippen LogP contribution in [0.5, 0.6) is 0 Å². The van der Waals surface area contributed by atoms with Gasteiger partial charge in [0.1, 0.15) is 5.60 Å². The molecule has 0 heterocycles. The molecule has 1 amide bonds. The lowest BCUT2D eigenvalue weighted by atomic mass is 10.2. The van der Waals surface area contributed by atoms with E-state index in [2.05, 4.69) is 6.07 Å². The van der Waals surface area contributed by atoms with Crippen molar-refractivity contribution in [2.75, 3.05) is 13.1 Å². The monoisotopic (exact) mass is 224 g/mol. The minimum atomic E-state index is -0.467. The van der Waals surface area contributed by atoms with E-state index in [0.29, 0.717) is 18.9 Å². The zero-order chi connectivity index (χ0) is 12.2. The third kappa shape index (κ3) is 5.01. The van der Waals surface area contributed by atoms with Crippen LogP contribution in [0, 0.1) is 17.2 Å². The van der Waals surface area contributed by atoms with Gasteiger partial charge in [0.2, 0.25) is 0 Å². The fourth-order valence-electron chi connectivity index (χ4n) is 1.38. The first kappa shape index (κ1) is 12.8. The van der Waals surface area contributed by atoms with Gasteiger partial charge >= 0.3 is 6.09 Å². The second kappa shape index (κ2) is 5.20. The molecule has 1 saturated carbocycles. The van der Waals surface area contributed by atoms with Crippen LogP contribution in [0.3, 0.4) is 0 Å². The zero-order valence-electron chi connectivity index (χ0n) is 10.3. The van der Waals surface area contributed by atoms with E-state index in [1.165, 1.54) is 12.8 Å². The Hall–Kier alpha value is -1.24. The van der Waals surface area contributed by atoms with Crippen LogP contribution < -0.4 is 0 Å². The summed E-state index contributed by atoms with van der Waals surface area (Å²) in [5, 5.41) is 8.55. The van der Waals surface area contributed by atoms with Crippen LogP contribution in [-0.4, -0.2) is 29.7 Å². The fraction of sp³-hybridized carbons (Fsp3) is 0.833. The Morgan fingerprint density at radius 2 is 2.12 bits per heavy atom. The van der Waals surface area contributed by atoms with Gasteiger partial charge < -0.3 is 9.64 Å². The summed E-state index contributed by atoms with van der Waals surface area (Å²) in [5.41, 5.74) is -0.467. The summed E-state index contributed by atoms with van der Waals surface area (Å²) in [6.07, 6.45) is 2.44. The molecule has 1 fully saturated rings. The molecule has 0 aromatic rings. The summed E-state index contributed by atoms with van der Waals surface area (Å²) in [6.45, 7) is 6.76. The second-order valence-electron chi connectivity index (χ2n) is 5.28. The number of rotatable bonds is 4. The minimum Gasteiger partial charge on any atom is -0.444 e. The van der Waals surface area contributed by atoms with E-state index in [-0.39, 0.29) is 6.09 Å². The van der Waals surface area contributed by atoms with Crippen LogP contribution in [0.4, 0.5) is 4.79 Å². The molecule has 0 saturated heterocycles. The first-order chi connectivity index (χ1) is 7.42. The quantitative estimate of drug-likeness (QED) is 0.737. The van der Waals surface area contributed by atoms with Gasteiger partial charge in [-0.05, 0) is 39.5 Å². The van der Waals surface area contributed by atoms with Crippen molar-refractivity contribution in [3.8, 4) is 6.07 Å². The van der Waals surface area contributed by atoms with Gasteiger partial charge in [-0.2, -0.15) is 5.26 Å². The molecular formula is C12H20N2O2. The lowest BCUT2D eigenvalue weighted by Gasteiger charge is -2.26. The molecule has 0 aromatic carbocycles. The highest BCUT2D eigenvalue weighted by Gasteiger charge is 2.29. The Morgan fingerprint density at radius 3 is 2.56 bits per heavy atom. The third-order valence-electron chi connectivity index (χ3n) is 2.32. The number of nitriles is 1. The van der Waals surface area contributed by atoms with Crippen LogP contribution in [-0.2, 0) is 4.74 Å². The molecule has 90 valence electrons. The van der Waals surface area contributed by atoms with Crippen LogP contribution in [0.15, 0.2) is 0 Å². The van der Waals surface area contributed by atoms with E-state index in [1.54, 1.807) is 4.90 Å². The molecule has 1 rings (SSSR count). The molecule has 4 heteroatoms. The molecule has 16 heavy (non-hydrogen) atoms. The largest absolute Gasteiger partial charge is 0.444 e. The maximum atomic E-state index is 11.8. The van der Waals surface area contributed by atoms with Crippen molar-refractivity contribution in [1.29, 1.82) is 5.26 Å². The summed E-state index contributed by atoms with van der Waals surface area (Å²) >= 11 is 0. The SMILES string of the molecule is CC(C)(C)OC(=O)N(CCC#N)CC1CC1. The predicted molar refractivity (Wildman–Crippen MR) is 60.8 cm³/mol. The van der Waals surface area contributed by atoms with Crippen molar-refractivity contribution in [2.45, 2.75) is 45.6 Å². The van der Waals surface area contributed by atoms with Crippen molar-refractivity contribution in [3.63, 3.8) is 0 Å². The highest BCUT2D eigenvalue weighted by atomic mass is 16.6. The van der Waals surface area contributed by atoms with Crippen LogP contribution >= 0.6 is 0 Å². The standard InChI is InChI=1S/C12H20N2O2/c1-12(2,3)16-11(15)14(8-4-7-13)9-10-5-6-10/h10H,4-6,8-9H2,1-3H3. The van der Waals surface area contributed by atoms with E-state index in [4.69, 9.17) is 10.00 Å². The lowest BCUT2D eigenvalue weighted by molar-refractivity contribution is 0.0245. The molecule has 0 unspecified atom stereocenters. The lowest BCUT2D eigenvalue weighted by Crippen LogP contribution is -2.38. The third-order valence-corrected chi connectivity index (χ3v) is 2.32. The Kier molecular flexibility index (Phi) is 4.17.